The molecule has 0 saturated carbocycles. The molecule has 2 aliphatic heterocycles. The van der Waals surface area contributed by atoms with Crippen molar-refractivity contribution in [2.24, 2.45) is 0 Å². The van der Waals surface area contributed by atoms with Crippen LogP contribution in [0.1, 0.15) is 72.8 Å². The minimum atomic E-state index is -1.09. The summed E-state index contributed by atoms with van der Waals surface area (Å²) in [4.78, 5) is 13.9. The first-order chi connectivity index (χ1) is 13.7. The number of ether oxygens (including phenoxy) is 1. The van der Waals surface area contributed by atoms with Crippen LogP contribution in [-0.4, -0.2) is 48.0 Å². The second-order valence-electron chi connectivity index (χ2n) is 10.2. The highest BCUT2D eigenvalue weighted by molar-refractivity contribution is 6.62. The average molecular weight is 423 g/mol. The van der Waals surface area contributed by atoms with Gasteiger partial charge in [-0.05, 0) is 84.9 Å². The minimum Gasteiger partial charge on any atom is -0.444 e. The molecule has 30 heavy (non-hydrogen) atoms. The summed E-state index contributed by atoms with van der Waals surface area (Å²) >= 11 is 0. The number of benzene rings is 1. The number of hydrogen-bond acceptors (Lipinski definition) is 4. The van der Waals surface area contributed by atoms with Crippen LogP contribution in [0.4, 0.5) is 13.6 Å². The van der Waals surface area contributed by atoms with Crippen LogP contribution in [0.25, 0.3) is 0 Å². The molecule has 2 saturated heterocycles. The molecule has 0 unspecified atom stereocenters. The van der Waals surface area contributed by atoms with E-state index in [0.717, 1.165) is 0 Å². The Balaban J connectivity index is 1.71. The van der Waals surface area contributed by atoms with Gasteiger partial charge in [0.25, 0.3) is 0 Å². The number of carbonyl (C=O) groups is 1. The first-order valence-corrected chi connectivity index (χ1v) is 10.5. The van der Waals surface area contributed by atoms with Crippen molar-refractivity contribution in [1.82, 2.24) is 4.90 Å². The van der Waals surface area contributed by atoms with E-state index < -0.39 is 35.6 Å². The molecule has 2 aliphatic rings. The highest BCUT2D eigenvalue weighted by Crippen LogP contribution is 2.37. The first kappa shape index (κ1) is 23.0. The largest absolute Gasteiger partial charge is 0.500 e. The minimum absolute atomic E-state index is 0.0277. The summed E-state index contributed by atoms with van der Waals surface area (Å²) in [5, 5.41) is 0. The lowest BCUT2D eigenvalue weighted by Crippen LogP contribution is -2.41. The van der Waals surface area contributed by atoms with E-state index in [4.69, 9.17) is 14.0 Å². The van der Waals surface area contributed by atoms with Crippen LogP contribution in [0.2, 0.25) is 0 Å². The molecule has 0 N–H and O–H groups in total. The number of rotatable bonds is 2. The van der Waals surface area contributed by atoms with E-state index in [1.807, 2.05) is 48.5 Å². The normalized spacial score (nSPS) is 21.8. The van der Waals surface area contributed by atoms with Gasteiger partial charge >= 0.3 is 13.2 Å². The lowest BCUT2D eigenvalue weighted by molar-refractivity contribution is 0.00578. The molecule has 1 aromatic rings. The Bertz CT molecular complexity index is 775. The van der Waals surface area contributed by atoms with Gasteiger partial charge in [-0.2, -0.15) is 0 Å². The molecule has 0 spiro atoms. The van der Waals surface area contributed by atoms with Crippen molar-refractivity contribution in [2.45, 2.75) is 84.0 Å². The number of nitrogens with zero attached hydrogens (tertiary/aromatic N) is 1. The molecule has 0 radical (unpaired) electrons. The summed E-state index contributed by atoms with van der Waals surface area (Å²) in [6.07, 6.45) is 0.886. The summed E-state index contributed by atoms with van der Waals surface area (Å²) in [5.41, 5.74) is -1.51. The maximum Gasteiger partial charge on any atom is 0.500 e. The fraction of sp³-hybridized carbons (Fsp3) is 0.682. The zero-order chi connectivity index (χ0) is 22.5. The summed E-state index contributed by atoms with van der Waals surface area (Å²) < 4.78 is 46.9. The van der Waals surface area contributed by atoms with Gasteiger partial charge in [0, 0.05) is 13.1 Å². The topological polar surface area (TPSA) is 48.0 Å². The highest BCUT2D eigenvalue weighted by Gasteiger charge is 2.53. The van der Waals surface area contributed by atoms with Crippen molar-refractivity contribution in [2.75, 3.05) is 13.1 Å². The molecule has 0 aromatic heterocycles. The predicted molar refractivity (Wildman–Crippen MR) is 112 cm³/mol. The van der Waals surface area contributed by atoms with Crippen molar-refractivity contribution in [3.63, 3.8) is 0 Å². The zero-order valence-electron chi connectivity index (χ0n) is 19.0. The Morgan fingerprint density at radius 2 is 1.53 bits per heavy atom. The maximum atomic E-state index is 14.9. The number of amides is 1. The molecule has 0 atom stereocenters. The average Bonchev–Trinajstić information content (AvgIpc) is 2.80. The quantitative estimate of drug-likeness (QED) is 0.663. The Kier molecular flexibility index (Phi) is 5.97. The fourth-order valence-electron chi connectivity index (χ4n) is 3.75. The smallest absolute Gasteiger partial charge is 0.444 e. The van der Waals surface area contributed by atoms with Crippen molar-refractivity contribution in [3.05, 3.63) is 29.3 Å². The standard InChI is InChI=1S/C22H32BF2NO4/c1-20(2,3)28-19(27)26-10-8-14(9-11-26)15-12-16(24)18(17(25)13-15)23-29-21(4,5)22(6,7)30-23/h12-14H,8-11H2,1-7H3. The van der Waals surface area contributed by atoms with Crippen LogP contribution >= 0.6 is 0 Å². The van der Waals surface area contributed by atoms with Crippen LogP contribution in [0.5, 0.6) is 0 Å². The highest BCUT2D eigenvalue weighted by atomic mass is 19.1. The van der Waals surface area contributed by atoms with Crippen molar-refractivity contribution < 1.29 is 27.6 Å². The number of piperidine rings is 1. The molecule has 166 valence electrons. The van der Waals surface area contributed by atoms with E-state index in [-0.39, 0.29) is 17.5 Å². The molecule has 5 nitrogen and oxygen atoms in total. The van der Waals surface area contributed by atoms with Gasteiger partial charge in [0.05, 0.1) is 16.7 Å². The molecule has 3 rings (SSSR count). The molecular formula is C22H32BF2NO4. The van der Waals surface area contributed by atoms with Crippen LogP contribution in [0, 0.1) is 11.6 Å². The Morgan fingerprint density at radius 1 is 1.07 bits per heavy atom. The van der Waals surface area contributed by atoms with E-state index in [1.165, 1.54) is 12.1 Å². The summed E-state index contributed by atoms with van der Waals surface area (Å²) in [5.74, 6) is -1.36. The van der Waals surface area contributed by atoms with Gasteiger partial charge in [-0.1, -0.05) is 0 Å². The van der Waals surface area contributed by atoms with Gasteiger partial charge in [0.15, 0.2) is 0 Å². The van der Waals surface area contributed by atoms with Gasteiger partial charge in [-0.25, -0.2) is 13.6 Å². The molecular weight excluding hydrogens is 391 g/mol. The lowest BCUT2D eigenvalue weighted by Gasteiger charge is -2.33. The van der Waals surface area contributed by atoms with Crippen molar-refractivity contribution in [3.8, 4) is 0 Å². The second-order valence-corrected chi connectivity index (χ2v) is 10.2. The third-order valence-corrected chi connectivity index (χ3v) is 6.21. The van der Waals surface area contributed by atoms with Gasteiger partial charge in [0.1, 0.15) is 17.2 Å². The summed E-state index contributed by atoms with van der Waals surface area (Å²) in [7, 11) is -1.09. The molecule has 2 fully saturated rings. The van der Waals surface area contributed by atoms with Gasteiger partial charge in [-0.15, -0.1) is 0 Å². The van der Waals surface area contributed by atoms with Crippen LogP contribution in [-0.2, 0) is 14.0 Å². The number of hydrogen-bond donors (Lipinski definition) is 0. The Hall–Kier alpha value is -1.67. The fourth-order valence-corrected chi connectivity index (χ4v) is 3.75. The van der Waals surface area contributed by atoms with Crippen molar-refractivity contribution in [1.29, 1.82) is 0 Å². The second kappa shape index (κ2) is 7.79. The zero-order valence-corrected chi connectivity index (χ0v) is 19.0. The van der Waals surface area contributed by atoms with Crippen LogP contribution in [0.3, 0.4) is 0 Å². The predicted octanol–water partition coefficient (Wildman–Crippen LogP) is 4.38. The van der Waals surface area contributed by atoms with E-state index >= 15 is 0 Å². The van der Waals surface area contributed by atoms with E-state index in [9.17, 15) is 13.6 Å². The van der Waals surface area contributed by atoms with Crippen LogP contribution in [0.15, 0.2) is 12.1 Å². The molecule has 1 amide bonds. The molecule has 0 aliphatic carbocycles. The molecule has 8 heteroatoms. The van der Waals surface area contributed by atoms with E-state index in [2.05, 4.69) is 0 Å². The molecule has 1 aromatic carbocycles. The monoisotopic (exact) mass is 423 g/mol. The van der Waals surface area contributed by atoms with Crippen LogP contribution < -0.4 is 5.46 Å². The van der Waals surface area contributed by atoms with E-state index in [0.29, 0.717) is 31.5 Å². The molecule has 0 bridgehead atoms. The van der Waals surface area contributed by atoms with E-state index in [1.54, 1.807) is 4.90 Å². The SMILES string of the molecule is CC(C)(C)OC(=O)N1CCC(c2cc(F)c(B3OC(C)(C)C(C)(C)O3)c(F)c2)CC1. The third kappa shape index (κ3) is 4.64. The van der Waals surface area contributed by atoms with Gasteiger partial charge < -0.3 is 18.9 Å². The lowest BCUT2D eigenvalue weighted by atomic mass is 9.76. The Morgan fingerprint density at radius 3 is 1.97 bits per heavy atom. The molecule has 2 heterocycles. The Labute approximate surface area is 178 Å². The van der Waals surface area contributed by atoms with Gasteiger partial charge in [0.2, 0.25) is 0 Å². The van der Waals surface area contributed by atoms with Gasteiger partial charge in [-0.3, -0.25) is 0 Å². The first-order valence-electron chi connectivity index (χ1n) is 10.5. The summed E-state index contributed by atoms with van der Waals surface area (Å²) in [6.45, 7) is 13.8. The maximum absolute atomic E-state index is 14.9. The number of likely N-dealkylation sites (tertiary alicyclic amines) is 1. The van der Waals surface area contributed by atoms with Crippen molar-refractivity contribution >= 4 is 18.7 Å². The summed E-state index contributed by atoms with van der Waals surface area (Å²) in [6, 6.07) is 2.74. The third-order valence-electron chi connectivity index (χ3n) is 6.21. The number of carbonyl (C=O) groups excluding carboxylic acids is 1. The number of halogens is 2.